The molecule has 1 atom stereocenters. The zero-order valence-corrected chi connectivity index (χ0v) is 16.6. The van der Waals surface area contributed by atoms with Gasteiger partial charge in [0.1, 0.15) is 6.04 Å². The van der Waals surface area contributed by atoms with E-state index in [0.29, 0.717) is 42.5 Å². The maximum Gasteiger partial charge on any atom is 0.275 e. The number of benzene rings is 2. The predicted molar refractivity (Wildman–Crippen MR) is 110 cm³/mol. The summed E-state index contributed by atoms with van der Waals surface area (Å²) >= 11 is 5.94. The van der Waals surface area contributed by atoms with Crippen molar-refractivity contribution in [1.29, 1.82) is 5.26 Å². The molecule has 0 bridgehead atoms. The second kappa shape index (κ2) is 8.47. The molecule has 1 amide bonds. The third-order valence-electron chi connectivity index (χ3n) is 5.15. The summed E-state index contributed by atoms with van der Waals surface area (Å²) in [4.78, 5) is 27.0. The summed E-state index contributed by atoms with van der Waals surface area (Å²) in [5.41, 5.74) is 7.79. The maximum atomic E-state index is 12.1. The van der Waals surface area contributed by atoms with Crippen molar-refractivity contribution in [2.24, 2.45) is 5.73 Å². The van der Waals surface area contributed by atoms with Crippen LogP contribution in [0.15, 0.2) is 36.4 Å². The van der Waals surface area contributed by atoms with Gasteiger partial charge in [0.15, 0.2) is 0 Å². The fraction of sp³-hybridized carbons (Fsp3) is 0.300. The van der Waals surface area contributed by atoms with E-state index in [1.54, 1.807) is 37.3 Å². The van der Waals surface area contributed by atoms with Gasteiger partial charge in [0, 0.05) is 43.0 Å². The lowest BCUT2D eigenvalue weighted by Crippen LogP contribution is -2.50. The van der Waals surface area contributed by atoms with Gasteiger partial charge in [0.25, 0.3) is 5.69 Å². The molecule has 2 aromatic carbocycles. The average Bonchev–Trinajstić information content (AvgIpc) is 2.70. The van der Waals surface area contributed by atoms with E-state index in [0.717, 1.165) is 5.56 Å². The highest BCUT2D eigenvalue weighted by atomic mass is 35.5. The minimum atomic E-state index is -0.574. The molecule has 3 rings (SSSR count). The number of nitriles is 1. The lowest BCUT2D eigenvalue weighted by atomic mass is 10.0. The monoisotopic (exact) mass is 413 g/mol. The fourth-order valence-electron chi connectivity index (χ4n) is 3.69. The van der Waals surface area contributed by atoms with E-state index in [1.807, 2.05) is 15.9 Å². The van der Waals surface area contributed by atoms with E-state index in [2.05, 4.69) is 0 Å². The number of hydrogen-bond acceptors (Lipinski definition) is 6. The van der Waals surface area contributed by atoms with Crippen LogP contribution in [0.2, 0.25) is 5.02 Å². The van der Waals surface area contributed by atoms with Crippen LogP contribution in [0.1, 0.15) is 22.7 Å². The lowest BCUT2D eigenvalue weighted by Gasteiger charge is -2.39. The molecular weight excluding hydrogens is 394 g/mol. The van der Waals surface area contributed by atoms with Crippen LogP contribution >= 0.6 is 11.6 Å². The fourth-order valence-corrected chi connectivity index (χ4v) is 3.81. The summed E-state index contributed by atoms with van der Waals surface area (Å²) in [5, 5.41) is 21.1. The normalized spacial score (nSPS) is 15.6. The molecular formula is C20H20ClN5O3. The van der Waals surface area contributed by atoms with Crippen molar-refractivity contribution >= 4 is 28.9 Å². The van der Waals surface area contributed by atoms with Gasteiger partial charge in [-0.3, -0.25) is 19.8 Å². The number of rotatable bonds is 5. The third kappa shape index (κ3) is 4.31. The van der Waals surface area contributed by atoms with Crippen molar-refractivity contribution in [1.82, 2.24) is 4.90 Å². The topological polar surface area (TPSA) is 116 Å². The molecule has 0 spiro atoms. The quantitative estimate of drug-likeness (QED) is 0.595. The van der Waals surface area contributed by atoms with Gasteiger partial charge in [0.2, 0.25) is 5.91 Å². The Morgan fingerprint density at radius 2 is 1.86 bits per heavy atom. The van der Waals surface area contributed by atoms with Crippen molar-refractivity contribution in [3.05, 3.63) is 68.2 Å². The molecule has 1 fully saturated rings. The summed E-state index contributed by atoms with van der Waals surface area (Å²) in [6.45, 7) is 3.86. The van der Waals surface area contributed by atoms with Gasteiger partial charge in [-0.2, -0.15) is 5.26 Å². The van der Waals surface area contributed by atoms with Crippen LogP contribution in [0.25, 0.3) is 0 Å². The Morgan fingerprint density at radius 3 is 2.38 bits per heavy atom. The van der Waals surface area contributed by atoms with Gasteiger partial charge in [-0.25, -0.2) is 0 Å². The smallest absolute Gasteiger partial charge is 0.275 e. The SMILES string of the molecule is Cc1c(N2CCN([C@@H](C(N)=O)c3ccc(Cl)cc3)CC2)cc(C#N)cc1[N+](=O)[O-]. The Kier molecular flexibility index (Phi) is 6.01. The highest BCUT2D eigenvalue weighted by Gasteiger charge is 2.30. The van der Waals surface area contributed by atoms with Gasteiger partial charge < -0.3 is 10.6 Å². The number of piperazine rings is 1. The molecule has 2 N–H and O–H groups in total. The molecule has 8 nitrogen and oxygen atoms in total. The summed E-state index contributed by atoms with van der Waals surface area (Å²) in [6, 6.07) is 11.4. The minimum absolute atomic E-state index is 0.0716. The number of nitrogens with two attached hydrogens (primary N) is 1. The molecule has 0 unspecified atom stereocenters. The zero-order chi connectivity index (χ0) is 21.1. The maximum absolute atomic E-state index is 12.1. The highest BCUT2D eigenvalue weighted by molar-refractivity contribution is 6.30. The number of halogens is 1. The van der Waals surface area contributed by atoms with Crippen molar-refractivity contribution in [2.75, 3.05) is 31.1 Å². The molecule has 1 aliphatic rings. The Labute approximate surface area is 173 Å². The molecule has 29 heavy (non-hydrogen) atoms. The number of nitrogens with zero attached hydrogens (tertiary/aromatic N) is 4. The van der Waals surface area contributed by atoms with Crippen LogP contribution in [0, 0.1) is 28.4 Å². The highest BCUT2D eigenvalue weighted by Crippen LogP contribution is 2.32. The molecule has 1 aliphatic heterocycles. The number of anilines is 1. The van der Waals surface area contributed by atoms with E-state index in [-0.39, 0.29) is 11.3 Å². The van der Waals surface area contributed by atoms with Crippen molar-refractivity contribution < 1.29 is 9.72 Å². The van der Waals surface area contributed by atoms with Crippen LogP contribution in [-0.4, -0.2) is 41.9 Å². The number of amides is 1. The van der Waals surface area contributed by atoms with Crippen LogP contribution in [0.4, 0.5) is 11.4 Å². The first-order valence-corrected chi connectivity index (χ1v) is 9.42. The van der Waals surface area contributed by atoms with Crippen LogP contribution in [0.3, 0.4) is 0 Å². The first-order valence-electron chi connectivity index (χ1n) is 9.04. The van der Waals surface area contributed by atoms with Gasteiger partial charge in [-0.05, 0) is 30.7 Å². The van der Waals surface area contributed by atoms with Crippen LogP contribution in [-0.2, 0) is 4.79 Å². The third-order valence-corrected chi connectivity index (χ3v) is 5.41. The summed E-state index contributed by atoms with van der Waals surface area (Å²) < 4.78 is 0. The minimum Gasteiger partial charge on any atom is -0.369 e. The van der Waals surface area contributed by atoms with E-state index < -0.39 is 16.9 Å². The molecule has 1 saturated heterocycles. The average molecular weight is 414 g/mol. The lowest BCUT2D eigenvalue weighted by molar-refractivity contribution is -0.385. The summed E-state index contributed by atoms with van der Waals surface area (Å²) in [5.74, 6) is -0.445. The first-order chi connectivity index (χ1) is 13.8. The molecule has 9 heteroatoms. The molecule has 1 heterocycles. The number of carbonyl (C=O) groups excluding carboxylic acids is 1. The van der Waals surface area contributed by atoms with Gasteiger partial charge in [-0.15, -0.1) is 0 Å². The van der Waals surface area contributed by atoms with Gasteiger partial charge in [-0.1, -0.05) is 23.7 Å². The molecule has 0 aliphatic carbocycles. The van der Waals surface area contributed by atoms with E-state index in [4.69, 9.17) is 17.3 Å². The van der Waals surface area contributed by atoms with E-state index >= 15 is 0 Å². The van der Waals surface area contributed by atoms with Crippen molar-refractivity contribution in [3.63, 3.8) is 0 Å². The molecule has 2 aromatic rings. The number of nitro benzene ring substituents is 1. The standard InChI is InChI=1S/C20H20ClN5O3/c1-13-17(10-14(12-22)11-18(13)26(28)29)24-6-8-25(9-7-24)19(20(23)27)15-2-4-16(21)5-3-15/h2-5,10-11,19H,6-9H2,1H3,(H2,23,27)/t19-/m1/s1. The Balaban J connectivity index is 1.82. The van der Waals surface area contributed by atoms with Crippen LogP contribution in [0.5, 0.6) is 0 Å². The number of nitro groups is 1. The van der Waals surface area contributed by atoms with E-state index in [1.165, 1.54) is 6.07 Å². The number of carbonyl (C=O) groups is 1. The van der Waals surface area contributed by atoms with E-state index in [9.17, 15) is 20.2 Å². The second-order valence-electron chi connectivity index (χ2n) is 6.89. The predicted octanol–water partition coefficient (Wildman–Crippen LogP) is 2.78. The molecule has 0 aromatic heterocycles. The van der Waals surface area contributed by atoms with Gasteiger partial charge >= 0.3 is 0 Å². The summed E-state index contributed by atoms with van der Waals surface area (Å²) in [6.07, 6.45) is 0. The van der Waals surface area contributed by atoms with Gasteiger partial charge in [0.05, 0.1) is 22.1 Å². The number of hydrogen-bond donors (Lipinski definition) is 1. The Morgan fingerprint density at radius 1 is 1.24 bits per heavy atom. The largest absolute Gasteiger partial charge is 0.369 e. The zero-order valence-electron chi connectivity index (χ0n) is 15.8. The van der Waals surface area contributed by atoms with Crippen molar-refractivity contribution in [2.45, 2.75) is 13.0 Å². The molecule has 150 valence electrons. The first kappa shape index (κ1) is 20.6. The number of primary amides is 1. The summed E-state index contributed by atoms with van der Waals surface area (Å²) in [7, 11) is 0. The Hall–Kier alpha value is -3.15. The molecule has 0 saturated carbocycles. The van der Waals surface area contributed by atoms with Crippen LogP contribution < -0.4 is 10.6 Å². The molecule has 0 radical (unpaired) electrons. The Bertz CT molecular complexity index is 979. The second-order valence-corrected chi connectivity index (χ2v) is 7.32. The van der Waals surface area contributed by atoms with Crippen molar-refractivity contribution in [3.8, 4) is 6.07 Å².